The minimum Gasteiger partial charge on any atom is -0.508 e. The van der Waals surface area contributed by atoms with E-state index in [1.54, 1.807) is 13.8 Å². The quantitative estimate of drug-likeness (QED) is 0.605. The summed E-state index contributed by atoms with van der Waals surface area (Å²) < 4.78 is 10.7. The maximum atomic E-state index is 11.4. The molecule has 14 heavy (non-hydrogen) atoms. The average molecular weight is 200 g/mol. The Morgan fingerprint density at radius 1 is 1.36 bits per heavy atom. The Balaban J connectivity index is 2.28. The summed E-state index contributed by atoms with van der Waals surface area (Å²) in [4.78, 5) is 11.4. The van der Waals surface area contributed by atoms with Gasteiger partial charge in [0.2, 0.25) is 5.78 Å². The molecule has 1 aliphatic heterocycles. The maximum absolute atomic E-state index is 11.4. The zero-order valence-electron chi connectivity index (χ0n) is 7.98. The largest absolute Gasteiger partial charge is 0.508 e. The fourth-order valence-electron chi connectivity index (χ4n) is 1.77. The van der Waals surface area contributed by atoms with E-state index in [-0.39, 0.29) is 12.2 Å². The van der Waals surface area contributed by atoms with Crippen molar-refractivity contribution < 1.29 is 24.5 Å². The van der Waals surface area contributed by atoms with Gasteiger partial charge in [0, 0.05) is 6.42 Å². The number of aliphatic hydroxyl groups excluding tert-OH is 2. The lowest BCUT2D eigenvalue weighted by Gasteiger charge is -2.20. The number of carbonyl (C=O) groups excluding carboxylic acids is 1. The summed E-state index contributed by atoms with van der Waals surface area (Å²) in [5.41, 5.74) is 0. The molecule has 1 fully saturated rings. The third-order valence-electron chi connectivity index (χ3n) is 2.34. The lowest BCUT2D eigenvalue weighted by Crippen LogP contribution is -2.37. The van der Waals surface area contributed by atoms with Crippen molar-refractivity contribution in [2.24, 2.45) is 0 Å². The predicted molar refractivity (Wildman–Crippen MR) is 45.7 cm³/mol. The Kier molecular flexibility index (Phi) is 1.84. The molecule has 1 heterocycles. The zero-order valence-corrected chi connectivity index (χ0v) is 7.98. The van der Waals surface area contributed by atoms with Crippen LogP contribution in [0, 0.1) is 0 Å². The molecule has 0 radical (unpaired) electrons. The number of ether oxygens (including phenoxy) is 2. The van der Waals surface area contributed by atoms with Crippen LogP contribution in [0.1, 0.15) is 20.3 Å². The SMILES string of the molecule is CC1(C)O[C@H]2CC(O)=C(O)C(=O)[C@H]2O1. The molecule has 0 aromatic heterocycles. The van der Waals surface area contributed by atoms with E-state index in [0.717, 1.165) is 0 Å². The molecule has 5 heteroatoms. The average Bonchev–Trinajstić information content (AvgIpc) is 2.37. The van der Waals surface area contributed by atoms with Gasteiger partial charge in [-0.1, -0.05) is 0 Å². The van der Waals surface area contributed by atoms with Crippen molar-refractivity contribution in [2.75, 3.05) is 0 Å². The van der Waals surface area contributed by atoms with Gasteiger partial charge in [0.25, 0.3) is 0 Å². The summed E-state index contributed by atoms with van der Waals surface area (Å²) in [5, 5.41) is 18.4. The van der Waals surface area contributed by atoms with Gasteiger partial charge in [0.05, 0.1) is 0 Å². The van der Waals surface area contributed by atoms with Gasteiger partial charge in [-0.25, -0.2) is 0 Å². The smallest absolute Gasteiger partial charge is 0.232 e. The molecule has 0 unspecified atom stereocenters. The lowest BCUT2D eigenvalue weighted by molar-refractivity contribution is -0.153. The van der Waals surface area contributed by atoms with Gasteiger partial charge in [0.1, 0.15) is 11.9 Å². The van der Waals surface area contributed by atoms with Crippen LogP contribution in [-0.2, 0) is 14.3 Å². The van der Waals surface area contributed by atoms with Crippen LogP contribution >= 0.6 is 0 Å². The third-order valence-corrected chi connectivity index (χ3v) is 2.34. The molecule has 2 rings (SSSR count). The molecule has 1 saturated heterocycles. The van der Waals surface area contributed by atoms with E-state index in [1.165, 1.54) is 0 Å². The maximum Gasteiger partial charge on any atom is 0.232 e. The van der Waals surface area contributed by atoms with E-state index in [2.05, 4.69) is 0 Å². The first kappa shape index (κ1) is 9.48. The summed E-state index contributed by atoms with van der Waals surface area (Å²) in [6.45, 7) is 3.37. The van der Waals surface area contributed by atoms with Crippen molar-refractivity contribution in [1.29, 1.82) is 0 Å². The van der Waals surface area contributed by atoms with Crippen molar-refractivity contribution in [3.8, 4) is 0 Å². The zero-order chi connectivity index (χ0) is 10.5. The molecule has 2 aliphatic rings. The first-order chi connectivity index (χ1) is 6.41. The molecule has 78 valence electrons. The normalized spacial score (nSPS) is 36.0. The monoisotopic (exact) mass is 200 g/mol. The molecule has 2 atom stereocenters. The van der Waals surface area contributed by atoms with Crippen LogP contribution in [0.4, 0.5) is 0 Å². The molecule has 1 aliphatic carbocycles. The van der Waals surface area contributed by atoms with E-state index in [4.69, 9.17) is 9.47 Å². The Labute approximate surface area is 80.9 Å². The number of aliphatic hydroxyl groups is 2. The molecule has 5 nitrogen and oxygen atoms in total. The lowest BCUT2D eigenvalue weighted by atomic mass is 9.97. The third kappa shape index (κ3) is 1.29. The summed E-state index contributed by atoms with van der Waals surface area (Å²) in [5.74, 6) is -2.37. The summed E-state index contributed by atoms with van der Waals surface area (Å²) in [6, 6.07) is 0. The number of hydrogen-bond donors (Lipinski definition) is 2. The Hall–Kier alpha value is -1.07. The number of hydrogen-bond acceptors (Lipinski definition) is 5. The molecule has 2 N–H and O–H groups in total. The van der Waals surface area contributed by atoms with Crippen LogP contribution in [0.15, 0.2) is 11.5 Å². The highest BCUT2D eigenvalue weighted by molar-refractivity contribution is 5.98. The fourth-order valence-corrected chi connectivity index (χ4v) is 1.77. The van der Waals surface area contributed by atoms with Crippen LogP contribution in [0.25, 0.3) is 0 Å². The Morgan fingerprint density at radius 3 is 2.64 bits per heavy atom. The summed E-state index contributed by atoms with van der Waals surface area (Å²) >= 11 is 0. The number of fused-ring (bicyclic) bond motifs is 1. The van der Waals surface area contributed by atoms with E-state index in [0.29, 0.717) is 0 Å². The van der Waals surface area contributed by atoms with Crippen molar-refractivity contribution >= 4 is 5.78 Å². The molecule has 0 amide bonds. The second kappa shape index (κ2) is 2.71. The topological polar surface area (TPSA) is 76.0 Å². The van der Waals surface area contributed by atoms with Crippen molar-refractivity contribution in [2.45, 2.75) is 38.3 Å². The molecule has 0 spiro atoms. The highest BCUT2D eigenvalue weighted by Gasteiger charge is 2.49. The van der Waals surface area contributed by atoms with E-state index >= 15 is 0 Å². The fraction of sp³-hybridized carbons (Fsp3) is 0.667. The Morgan fingerprint density at radius 2 is 2.00 bits per heavy atom. The van der Waals surface area contributed by atoms with Crippen molar-refractivity contribution in [3.63, 3.8) is 0 Å². The van der Waals surface area contributed by atoms with Gasteiger partial charge in [0.15, 0.2) is 17.7 Å². The first-order valence-corrected chi connectivity index (χ1v) is 4.41. The van der Waals surface area contributed by atoms with Crippen LogP contribution in [0.5, 0.6) is 0 Å². The second-order valence-electron chi connectivity index (χ2n) is 3.96. The highest BCUT2D eigenvalue weighted by Crippen LogP contribution is 2.35. The van der Waals surface area contributed by atoms with Gasteiger partial charge in [-0.05, 0) is 13.8 Å². The van der Waals surface area contributed by atoms with Gasteiger partial charge in [-0.2, -0.15) is 0 Å². The number of Topliss-reactive ketones (excluding diaryl/α,β-unsaturated/α-hetero) is 1. The molecular weight excluding hydrogens is 188 g/mol. The van der Waals surface area contributed by atoms with Gasteiger partial charge in [-0.3, -0.25) is 4.79 Å². The van der Waals surface area contributed by atoms with E-state index < -0.39 is 29.5 Å². The molecular formula is C9H12O5. The molecule has 0 bridgehead atoms. The van der Waals surface area contributed by atoms with Gasteiger partial charge >= 0.3 is 0 Å². The van der Waals surface area contributed by atoms with E-state index in [9.17, 15) is 15.0 Å². The van der Waals surface area contributed by atoms with Crippen molar-refractivity contribution in [1.82, 2.24) is 0 Å². The molecule has 0 aromatic rings. The van der Waals surface area contributed by atoms with Crippen LogP contribution in [0.3, 0.4) is 0 Å². The minimum absolute atomic E-state index is 0.117. The standard InChI is InChI=1S/C9H12O5/c1-9(2)13-5-3-4(10)6(11)7(12)8(5)14-9/h5,8,10-11H,3H2,1-2H3/t5-,8-/m0/s1. The number of carbonyl (C=O) groups is 1. The van der Waals surface area contributed by atoms with Crippen molar-refractivity contribution in [3.05, 3.63) is 11.5 Å². The molecule has 0 saturated carbocycles. The van der Waals surface area contributed by atoms with Gasteiger partial charge < -0.3 is 19.7 Å². The molecule has 0 aromatic carbocycles. The Bertz CT molecular complexity index is 317. The highest BCUT2D eigenvalue weighted by atomic mass is 16.8. The van der Waals surface area contributed by atoms with E-state index in [1.807, 2.05) is 0 Å². The van der Waals surface area contributed by atoms with Gasteiger partial charge in [-0.15, -0.1) is 0 Å². The summed E-state index contributed by atoms with van der Waals surface area (Å²) in [7, 11) is 0. The van der Waals surface area contributed by atoms with Crippen LogP contribution < -0.4 is 0 Å². The minimum atomic E-state index is -0.837. The number of rotatable bonds is 0. The van der Waals surface area contributed by atoms with Crippen LogP contribution in [0.2, 0.25) is 0 Å². The number of ketones is 1. The predicted octanol–water partition coefficient (Wildman–Crippen LogP) is 0.807. The first-order valence-electron chi connectivity index (χ1n) is 4.41. The van der Waals surface area contributed by atoms with Crippen LogP contribution in [-0.4, -0.2) is 34.0 Å². The summed E-state index contributed by atoms with van der Waals surface area (Å²) in [6.07, 6.45) is -1.17. The second-order valence-corrected chi connectivity index (χ2v) is 3.96.